The van der Waals surface area contributed by atoms with Gasteiger partial charge in [0.1, 0.15) is 18.2 Å². The molecule has 0 aliphatic carbocycles. The molecule has 0 aromatic heterocycles. The monoisotopic (exact) mass is 497 g/mol. The van der Waals surface area contributed by atoms with Crippen molar-refractivity contribution in [3.8, 4) is 5.75 Å². The minimum atomic E-state index is -1.25. The normalized spacial score (nSPS) is 19.2. The molecule has 1 atom stereocenters. The number of rotatable bonds is 6. The Bertz CT molecular complexity index is 1430. The zero-order chi connectivity index (χ0) is 25.6. The molecule has 3 aromatic carbocycles. The fourth-order valence-corrected chi connectivity index (χ4v) is 4.82. The lowest BCUT2D eigenvalue weighted by Crippen LogP contribution is -2.51. The van der Waals surface area contributed by atoms with Gasteiger partial charge in [-0.1, -0.05) is 30.3 Å². The van der Waals surface area contributed by atoms with Crippen LogP contribution in [0.15, 0.2) is 77.1 Å². The van der Waals surface area contributed by atoms with Crippen molar-refractivity contribution >= 4 is 29.2 Å². The number of aliphatic imine (C=N–C) groups is 1. The molecule has 188 valence electrons. The molecule has 1 saturated heterocycles. The van der Waals surface area contributed by atoms with Gasteiger partial charge >= 0.3 is 11.9 Å². The summed E-state index contributed by atoms with van der Waals surface area (Å²) < 4.78 is 11.2. The van der Waals surface area contributed by atoms with Gasteiger partial charge in [-0.05, 0) is 67.8 Å². The maximum atomic E-state index is 12.9. The number of aryl methyl sites for hydroxylation is 2. The number of esters is 1. The van der Waals surface area contributed by atoms with Crippen LogP contribution >= 0.6 is 0 Å². The zero-order valence-corrected chi connectivity index (χ0v) is 20.8. The van der Waals surface area contributed by atoms with E-state index in [0.29, 0.717) is 12.3 Å². The predicted molar refractivity (Wildman–Crippen MR) is 141 cm³/mol. The Kier molecular flexibility index (Phi) is 5.49. The Labute approximate surface area is 214 Å². The smallest absolute Gasteiger partial charge is 0.351 e. The van der Waals surface area contributed by atoms with Gasteiger partial charge in [-0.15, -0.1) is 0 Å². The highest BCUT2D eigenvalue weighted by molar-refractivity contribution is 5.93. The third kappa shape index (κ3) is 4.03. The van der Waals surface area contributed by atoms with Crippen molar-refractivity contribution in [3.05, 3.63) is 94.3 Å². The molecular weight excluding hydrogens is 470 g/mol. The SMILES string of the molecule is CC1=C2NOC(Nc3cc(C)c(C(=O)OCc4ccccc4)c(C)c3)(N=C1)N2c1ccc2c(c1)NCO2. The van der Waals surface area contributed by atoms with E-state index in [-0.39, 0.29) is 12.6 Å². The molecule has 0 radical (unpaired) electrons. The molecular formula is C28H27N5O4. The number of carbonyl (C=O) groups is 1. The molecule has 3 aromatic rings. The van der Waals surface area contributed by atoms with Gasteiger partial charge in [0, 0.05) is 17.5 Å². The second kappa shape index (κ2) is 8.86. The van der Waals surface area contributed by atoms with Crippen molar-refractivity contribution in [2.24, 2.45) is 4.99 Å². The van der Waals surface area contributed by atoms with Gasteiger partial charge in [0.2, 0.25) is 0 Å². The highest BCUT2D eigenvalue weighted by atomic mass is 16.7. The quantitative estimate of drug-likeness (QED) is 0.418. The number of benzene rings is 3. The number of hydrogen-bond acceptors (Lipinski definition) is 9. The van der Waals surface area contributed by atoms with Crippen LogP contribution in [0.1, 0.15) is 34.0 Å². The average molecular weight is 498 g/mol. The van der Waals surface area contributed by atoms with Crippen LogP contribution in [0.5, 0.6) is 5.75 Å². The van der Waals surface area contributed by atoms with Crippen molar-refractivity contribution in [2.45, 2.75) is 33.4 Å². The number of hydrogen-bond donors (Lipinski definition) is 3. The van der Waals surface area contributed by atoms with E-state index in [1.54, 1.807) is 6.21 Å². The van der Waals surface area contributed by atoms with Crippen molar-refractivity contribution in [1.29, 1.82) is 0 Å². The summed E-state index contributed by atoms with van der Waals surface area (Å²) in [6, 6.07) is 19.3. The molecule has 2 bridgehead atoms. The van der Waals surface area contributed by atoms with Gasteiger partial charge in [0.25, 0.3) is 0 Å². The molecule has 6 rings (SSSR count). The lowest BCUT2D eigenvalue weighted by Gasteiger charge is -2.36. The van der Waals surface area contributed by atoms with Crippen molar-refractivity contribution in [1.82, 2.24) is 5.48 Å². The highest BCUT2D eigenvalue weighted by Crippen LogP contribution is 2.42. The summed E-state index contributed by atoms with van der Waals surface area (Å²) in [5, 5.41) is 6.66. The van der Waals surface area contributed by atoms with E-state index < -0.39 is 5.97 Å². The van der Waals surface area contributed by atoms with Crippen LogP contribution in [-0.4, -0.2) is 24.9 Å². The van der Waals surface area contributed by atoms with Crippen LogP contribution in [0, 0.1) is 13.8 Å². The first-order chi connectivity index (χ1) is 17.9. The van der Waals surface area contributed by atoms with Crippen LogP contribution < -0.4 is 25.8 Å². The lowest BCUT2D eigenvalue weighted by molar-refractivity contribution is -0.0214. The molecule has 37 heavy (non-hydrogen) atoms. The number of fused-ring (bicyclic) bond motifs is 3. The summed E-state index contributed by atoms with van der Waals surface area (Å²) in [6.45, 7) is 6.42. The van der Waals surface area contributed by atoms with E-state index in [1.165, 1.54) is 0 Å². The molecule has 0 spiro atoms. The lowest BCUT2D eigenvalue weighted by atomic mass is 10.0. The van der Waals surface area contributed by atoms with Crippen LogP contribution in [0.3, 0.4) is 0 Å². The van der Waals surface area contributed by atoms with Crippen molar-refractivity contribution in [2.75, 3.05) is 22.3 Å². The molecule has 3 heterocycles. The average Bonchev–Trinajstić information content (AvgIpc) is 3.47. The van der Waals surface area contributed by atoms with Gasteiger partial charge in [-0.3, -0.25) is 4.90 Å². The minimum Gasteiger partial charge on any atom is -0.471 e. The molecule has 3 N–H and O–H groups in total. The van der Waals surface area contributed by atoms with E-state index in [9.17, 15) is 4.79 Å². The number of nitrogens with one attached hydrogen (secondary N) is 3. The van der Waals surface area contributed by atoms with Gasteiger partial charge in [0.05, 0.1) is 16.9 Å². The first-order valence-corrected chi connectivity index (χ1v) is 12.0. The second-order valence-corrected chi connectivity index (χ2v) is 9.26. The Morgan fingerprint density at radius 1 is 1.11 bits per heavy atom. The molecule has 9 heteroatoms. The predicted octanol–water partition coefficient (Wildman–Crippen LogP) is 4.80. The fourth-order valence-electron chi connectivity index (χ4n) is 4.82. The maximum absolute atomic E-state index is 12.9. The van der Waals surface area contributed by atoms with Gasteiger partial charge < -0.3 is 20.1 Å². The van der Waals surface area contributed by atoms with Crippen LogP contribution in [0.25, 0.3) is 0 Å². The number of allylic oxidation sites excluding steroid dienone is 1. The van der Waals surface area contributed by atoms with Gasteiger partial charge in [0.15, 0.2) is 6.73 Å². The second-order valence-electron chi connectivity index (χ2n) is 9.26. The number of ether oxygens (including phenoxy) is 2. The number of carbonyl (C=O) groups excluding carboxylic acids is 1. The first kappa shape index (κ1) is 22.9. The zero-order valence-electron chi connectivity index (χ0n) is 20.8. The van der Waals surface area contributed by atoms with Crippen LogP contribution in [0.2, 0.25) is 0 Å². The molecule has 1 unspecified atom stereocenters. The third-order valence-electron chi connectivity index (χ3n) is 6.59. The van der Waals surface area contributed by atoms with Crippen LogP contribution in [-0.2, 0) is 16.2 Å². The number of hydroxylamine groups is 1. The fraction of sp³-hybridized carbons (Fsp3) is 0.214. The van der Waals surface area contributed by atoms with Gasteiger partial charge in [-0.25, -0.2) is 20.1 Å². The largest absolute Gasteiger partial charge is 0.471 e. The topological polar surface area (TPSA) is 96.5 Å². The molecule has 3 aliphatic rings. The number of anilines is 3. The standard InChI is InChI=1S/C28H27N5O4/c1-17-11-21(12-18(2)25(17)27(34)35-15-20-7-5-4-6-8-20)31-28-30-14-19(3)26(32-37-28)33(28)22-9-10-24-23(13-22)29-16-36-24/h4-14,29,31-32H,15-16H2,1-3H3. The van der Waals surface area contributed by atoms with E-state index in [4.69, 9.17) is 19.3 Å². The highest BCUT2D eigenvalue weighted by Gasteiger charge is 2.49. The third-order valence-corrected chi connectivity index (χ3v) is 6.59. The van der Waals surface area contributed by atoms with E-state index in [1.807, 2.05) is 86.3 Å². The van der Waals surface area contributed by atoms with E-state index >= 15 is 0 Å². The molecule has 0 amide bonds. The van der Waals surface area contributed by atoms with E-state index in [0.717, 1.165) is 50.9 Å². The molecule has 0 saturated carbocycles. The summed E-state index contributed by atoms with van der Waals surface area (Å²) in [5.41, 5.74) is 9.57. The Hall–Kier alpha value is -4.50. The Morgan fingerprint density at radius 2 is 1.89 bits per heavy atom. The minimum absolute atomic E-state index is 0.222. The summed E-state index contributed by atoms with van der Waals surface area (Å²) in [5.74, 6) is -0.0139. The summed E-state index contributed by atoms with van der Waals surface area (Å²) >= 11 is 0. The van der Waals surface area contributed by atoms with Crippen molar-refractivity contribution in [3.63, 3.8) is 0 Å². The molecule has 9 nitrogen and oxygen atoms in total. The van der Waals surface area contributed by atoms with E-state index in [2.05, 4.69) is 16.1 Å². The Morgan fingerprint density at radius 3 is 2.68 bits per heavy atom. The number of nitrogens with zero attached hydrogens (tertiary/aromatic N) is 2. The summed E-state index contributed by atoms with van der Waals surface area (Å²) in [6.07, 6.45) is 1.78. The Balaban J connectivity index is 1.28. The molecule has 3 aliphatic heterocycles. The van der Waals surface area contributed by atoms with Crippen LogP contribution in [0.4, 0.5) is 17.1 Å². The maximum Gasteiger partial charge on any atom is 0.351 e. The summed E-state index contributed by atoms with van der Waals surface area (Å²) in [4.78, 5) is 25.7. The molecule has 1 fully saturated rings. The first-order valence-electron chi connectivity index (χ1n) is 12.0. The van der Waals surface area contributed by atoms with Crippen molar-refractivity contribution < 1.29 is 19.1 Å². The summed E-state index contributed by atoms with van der Waals surface area (Å²) in [7, 11) is 0. The van der Waals surface area contributed by atoms with Gasteiger partial charge in [-0.2, -0.15) is 0 Å².